The van der Waals surface area contributed by atoms with E-state index in [0.717, 1.165) is 37.0 Å². The summed E-state index contributed by atoms with van der Waals surface area (Å²) >= 11 is 7.89. The Bertz CT molecular complexity index is 867. The van der Waals surface area contributed by atoms with Gasteiger partial charge in [0, 0.05) is 17.4 Å². The van der Waals surface area contributed by atoms with Crippen molar-refractivity contribution < 1.29 is 4.74 Å². The van der Waals surface area contributed by atoms with Crippen LogP contribution in [0, 0.1) is 6.92 Å². The zero-order valence-electron chi connectivity index (χ0n) is 18.5. The van der Waals surface area contributed by atoms with Crippen LogP contribution in [0.4, 0.5) is 0 Å². The first kappa shape index (κ1) is 22.7. The Morgan fingerprint density at radius 2 is 1.81 bits per heavy atom. The molecule has 31 heavy (non-hydrogen) atoms. The number of halogens is 1. The number of allylic oxidation sites excluding steroid dienone is 1. The lowest BCUT2D eigenvalue weighted by molar-refractivity contribution is 0.170. The number of ether oxygens (including phenoxy) is 1. The van der Waals surface area contributed by atoms with Crippen molar-refractivity contribution in [3.63, 3.8) is 0 Å². The Morgan fingerprint density at radius 1 is 1.06 bits per heavy atom. The second-order valence-corrected chi connectivity index (χ2v) is 10.4. The van der Waals surface area contributed by atoms with Gasteiger partial charge in [0.15, 0.2) is 0 Å². The number of thioether (sulfide) groups is 1. The van der Waals surface area contributed by atoms with Gasteiger partial charge in [0.2, 0.25) is 0 Å². The fourth-order valence-electron chi connectivity index (χ4n) is 4.45. The second-order valence-electron chi connectivity index (χ2n) is 8.67. The molecule has 3 nitrogen and oxygen atoms in total. The Labute approximate surface area is 196 Å². The third kappa shape index (κ3) is 6.74. The van der Waals surface area contributed by atoms with Gasteiger partial charge in [-0.05, 0) is 76.2 Å². The predicted molar refractivity (Wildman–Crippen MR) is 132 cm³/mol. The molecule has 0 amide bonds. The summed E-state index contributed by atoms with van der Waals surface area (Å²) < 4.78 is 6.45. The fraction of sp³-hybridized carbons (Fsp3) is 0.500. The van der Waals surface area contributed by atoms with Crippen molar-refractivity contribution in [2.24, 2.45) is 0 Å². The van der Waals surface area contributed by atoms with Gasteiger partial charge in [-0.25, -0.2) is 4.98 Å². The highest BCUT2D eigenvalue weighted by Gasteiger charge is 2.21. The minimum Gasteiger partial charge on any atom is -0.492 e. The van der Waals surface area contributed by atoms with E-state index in [-0.39, 0.29) is 0 Å². The van der Waals surface area contributed by atoms with Crippen LogP contribution in [0.2, 0.25) is 5.15 Å². The molecule has 1 aromatic carbocycles. The number of piperidine rings is 1. The fourth-order valence-corrected chi connectivity index (χ4v) is 5.76. The van der Waals surface area contributed by atoms with Crippen molar-refractivity contribution in [2.75, 3.05) is 26.2 Å². The van der Waals surface area contributed by atoms with Gasteiger partial charge in [-0.15, -0.1) is 11.8 Å². The number of likely N-dealkylation sites (tertiary alicyclic amines) is 1. The Hall–Kier alpha value is -1.49. The lowest BCUT2D eigenvalue weighted by Crippen LogP contribution is -2.37. The van der Waals surface area contributed by atoms with E-state index in [4.69, 9.17) is 16.3 Å². The topological polar surface area (TPSA) is 25.4 Å². The molecule has 1 aliphatic carbocycles. The molecule has 2 aliphatic rings. The van der Waals surface area contributed by atoms with Gasteiger partial charge in [-0.3, -0.25) is 4.90 Å². The normalized spacial score (nSPS) is 18.2. The lowest BCUT2D eigenvalue weighted by atomic mass is 9.92. The average molecular weight is 457 g/mol. The number of aromatic nitrogens is 1. The zero-order chi connectivity index (χ0) is 21.5. The first-order valence-corrected chi connectivity index (χ1v) is 12.9. The Kier molecular flexibility index (Phi) is 8.34. The molecule has 0 bridgehead atoms. The Balaban J connectivity index is 1.28. The van der Waals surface area contributed by atoms with Gasteiger partial charge in [0.05, 0.1) is 5.03 Å². The van der Waals surface area contributed by atoms with Crippen molar-refractivity contribution in [3.8, 4) is 0 Å². The molecule has 0 atom stereocenters. The van der Waals surface area contributed by atoms with Gasteiger partial charge < -0.3 is 4.74 Å². The largest absolute Gasteiger partial charge is 0.492 e. The molecule has 4 rings (SSSR count). The van der Waals surface area contributed by atoms with E-state index < -0.39 is 0 Å². The molecule has 1 aromatic heterocycles. The molecule has 0 N–H and O–H groups in total. The number of aryl methyl sites for hydroxylation is 1. The van der Waals surface area contributed by atoms with Gasteiger partial charge in [-0.1, -0.05) is 53.9 Å². The maximum Gasteiger partial charge on any atom is 0.130 e. The summed E-state index contributed by atoms with van der Waals surface area (Å²) in [6.45, 7) is 6.15. The quantitative estimate of drug-likeness (QED) is 0.331. The first-order valence-electron chi connectivity index (χ1n) is 11.6. The standard InChI is InChI=1S/C26H33ClN2OS/c1-20-10-12-22(13-11-20)26(21-6-3-2-4-7-21)30-19-18-29-16-14-23(15-17-29)31-25-9-5-8-24(27)28-25/h5,8-13,23H,2-4,6-7,14-19H2,1H3. The third-order valence-corrected chi connectivity index (χ3v) is 7.74. The SMILES string of the molecule is Cc1ccc(C(OCCN2CCC(Sc3cccc(Cl)n3)CC2)=C2CCCCC2)cc1. The summed E-state index contributed by atoms with van der Waals surface area (Å²) in [6.07, 6.45) is 8.67. The van der Waals surface area contributed by atoms with Crippen LogP contribution >= 0.6 is 23.4 Å². The summed E-state index contributed by atoms with van der Waals surface area (Å²) in [5.41, 5.74) is 4.05. The molecule has 2 aromatic rings. The van der Waals surface area contributed by atoms with E-state index >= 15 is 0 Å². The zero-order valence-corrected chi connectivity index (χ0v) is 20.1. The molecule has 0 radical (unpaired) electrons. The van der Waals surface area contributed by atoms with Crippen LogP contribution in [-0.4, -0.2) is 41.4 Å². The van der Waals surface area contributed by atoms with Crippen molar-refractivity contribution in [1.29, 1.82) is 0 Å². The van der Waals surface area contributed by atoms with Crippen molar-refractivity contribution in [3.05, 3.63) is 64.3 Å². The number of hydrogen-bond acceptors (Lipinski definition) is 4. The van der Waals surface area contributed by atoms with Crippen LogP contribution < -0.4 is 0 Å². The summed E-state index contributed by atoms with van der Waals surface area (Å²) in [5, 5.41) is 2.24. The van der Waals surface area contributed by atoms with E-state index in [1.807, 2.05) is 23.9 Å². The molecule has 166 valence electrons. The van der Waals surface area contributed by atoms with Crippen LogP contribution in [0.3, 0.4) is 0 Å². The monoisotopic (exact) mass is 456 g/mol. The maximum atomic E-state index is 6.45. The summed E-state index contributed by atoms with van der Waals surface area (Å²) in [6, 6.07) is 14.7. The lowest BCUT2D eigenvalue weighted by Gasteiger charge is -2.31. The average Bonchev–Trinajstić information content (AvgIpc) is 2.79. The van der Waals surface area contributed by atoms with Crippen molar-refractivity contribution in [1.82, 2.24) is 9.88 Å². The summed E-state index contributed by atoms with van der Waals surface area (Å²) in [7, 11) is 0. The number of benzene rings is 1. The molecule has 2 fully saturated rings. The van der Waals surface area contributed by atoms with E-state index in [1.165, 1.54) is 61.6 Å². The third-order valence-electron chi connectivity index (χ3n) is 6.26. The van der Waals surface area contributed by atoms with E-state index in [2.05, 4.69) is 47.1 Å². The minimum atomic E-state index is 0.580. The molecule has 0 spiro atoms. The van der Waals surface area contributed by atoms with Crippen molar-refractivity contribution in [2.45, 2.75) is 62.1 Å². The van der Waals surface area contributed by atoms with Crippen LogP contribution in [0.1, 0.15) is 56.1 Å². The molecule has 0 unspecified atom stereocenters. The Morgan fingerprint density at radius 3 is 2.52 bits per heavy atom. The van der Waals surface area contributed by atoms with Gasteiger partial charge in [-0.2, -0.15) is 0 Å². The number of hydrogen-bond donors (Lipinski definition) is 0. The number of nitrogens with zero attached hydrogens (tertiary/aromatic N) is 2. The van der Waals surface area contributed by atoms with Gasteiger partial charge in [0.1, 0.15) is 17.5 Å². The van der Waals surface area contributed by atoms with Crippen LogP contribution in [0.5, 0.6) is 0 Å². The summed E-state index contributed by atoms with van der Waals surface area (Å²) in [4.78, 5) is 6.97. The highest BCUT2D eigenvalue weighted by atomic mass is 35.5. The molecule has 2 heterocycles. The van der Waals surface area contributed by atoms with Gasteiger partial charge in [0.25, 0.3) is 0 Å². The first-order chi connectivity index (χ1) is 15.2. The highest BCUT2D eigenvalue weighted by molar-refractivity contribution is 7.99. The summed E-state index contributed by atoms with van der Waals surface area (Å²) in [5.74, 6) is 1.15. The predicted octanol–water partition coefficient (Wildman–Crippen LogP) is 6.99. The maximum absolute atomic E-state index is 6.45. The molecule has 1 saturated heterocycles. The number of rotatable bonds is 7. The number of pyridine rings is 1. The molecular formula is C26H33ClN2OS. The van der Waals surface area contributed by atoms with E-state index in [1.54, 1.807) is 0 Å². The second kappa shape index (κ2) is 11.4. The van der Waals surface area contributed by atoms with Crippen LogP contribution in [0.15, 0.2) is 53.1 Å². The van der Waals surface area contributed by atoms with Crippen molar-refractivity contribution >= 4 is 29.1 Å². The van der Waals surface area contributed by atoms with E-state index in [0.29, 0.717) is 10.4 Å². The van der Waals surface area contributed by atoms with Crippen LogP contribution in [0.25, 0.3) is 5.76 Å². The molecule has 5 heteroatoms. The van der Waals surface area contributed by atoms with E-state index in [9.17, 15) is 0 Å². The smallest absolute Gasteiger partial charge is 0.130 e. The molecule has 1 aliphatic heterocycles. The highest BCUT2D eigenvalue weighted by Crippen LogP contribution is 2.32. The van der Waals surface area contributed by atoms with Crippen LogP contribution in [-0.2, 0) is 4.74 Å². The van der Waals surface area contributed by atoms with Gasteiger partial charge >= 0.3 is 0 Å². The molecule has 1 saturated carbocycles. The molecular weight excluding hydrogens is 424 g/mol. The minimum absolute atomic E-state index is 0.580.